The third-order valence-corrected chi connectivity index (χ3v) is 6.02. The third kappa shape index (κ3) is 4.42. The fourth-order valence-corrected chi connectivity index (χ4v) is 4.42. The Morgan fingerprint density at radius 3 is 2.73 bits per heavy atom. The number of nitrogens with zero attached hydrogens (tertiary/aromatic N) is 3. The van der Waals surface area contributed by atoms with E-state index in [1.807, 2.05) is 34.1 Å². The number of pyridine rings is 1. The summed E-state index contributed by atoms with van der Waals surface area (Å²) in [6.07, 6.45) is 8.23. The number of carbonyl (C=O) groups excluding carboxylic acids is 2. The van der Waals surface area contributed by atoms with E-state index in [4.69, 9.17) is 0 Å². The highest BCUT2D eigenvalue weighted by atomic mass is 19.1. The monoisotopic (exact) mass is 407 g/mol. The van der Waals surface area contributed by atoms with Crippen LogP contribution in [0.4, 0.5) is 4.39 Å². The molecule has 1 aromatic heterocycles. The van der Waals surface area contributed by atoms with Crippen molar-refractivity contribution in [2.75, 3.05) is 19.6 Å². The van der Waals surface area contributed by atoms with Crippen molar-refractivity contribution < 1.29 is 14.0 Å². The van der Waals surface area contributed by atoms with Crippen molar-refractivity contribution >= 4 is 11.8 Å². The molecule has 156 valence electrons. The van der Waals surface area contributed by atoms with E-state index in [0.717, 1.165) is 24.1 Å². The molecule has 4 rings (SSSR count). The van der Waals surface area contributed by atoms with E-state index in [0.29, 0.717) is 32.6 Å². The van der Waals surface area contributed by atoms with Crippen molar-refractivity contribution in [2.45, 2.75) is 32.2 Å². The van der Waals surface area contributed by atoms with E-state index < -0.39 is 5.41 Å². The second kappa shape index (κ2) is 8.78. The molecule has 1 spiro atoms. The lowest BCUT2D eigenvalue weighted by molar-refractivity contribution is -0.148. The Bertz CT molecular complexity index is 929. The lowest BCUT2D eigenvalue weighted by atomic mass is 9.76. The van der Waals surface area contributed by atoms with Gasteiger partial charge in [-0.3, -0.25) is 14.6 Å². The average molecular weight is 407 g/mol. The summed E-state index contributed by atoms with van der Waals surface area (Å²) < 4.78 is 13.2. The van der Waals surface area contributed by atoms with Crippen LogP contribution in [0, 0.1) is 11.2 Å². The van der Waals surface area contributed by atoms with Crippen molar-refractivity contribution in [1.82, 2.24) is 14.8 Å². The van der Waals surface area contributed by atoms with Crippen molar-refractivity contribution in [1.29, 1.82) is 0 Å². The van der Waals surface area contributed by atoms with Gasteiger partial charge in [-0.2, -0.15) is 0 Å². The van der Waals surface area contributed by atoms with Gasteiger partial charge in [0.05, 0.1) is 11.8 Å². The summed E-state index contributed by atoms with van der Waals surface area (Å²) in [7, 11) is 0. The molecule has 6 heteroatoms. The van der Waals surface area contributed by atoms with Gasteiger partial charge in [0, 0.05) is 38.1 Å². The number of likely N-dealkylation sites (tertiary alicyclic amines) is 1. The van der Waals surface area contributed by atoms with Crippen LogP contribution in [0.2, 0.25) is 0 Å². The zero-order valence-electron chi connectivity index (χ0n) is 17.0. The molecule has 2 amide bonds. The minimum absolute atomic E-state index is 0.0129. The molecule has 1 unspecified atom stereocenters. The molecule has 3 heterocycles. The van der Waals surface area contributed by atoms with Gasteiger partial charge in [-0.05, 0) is 49.1 Å². The van der Waals surface area contributed by atoms with Gasteiger partial charge in [0.25, 0.3) is 0 Å². The van der Waals surface area contributed by atoms with Crippen molar-refractivity contribution in [3.05, 3.63) is 77.9 Å². The average Bonchev–Trinajstić information content (AvgIpc) is 2.90. The standard InChI is InChI=1S/C24H26FN3O2/c25-20-9-7-19(8-10-20)17-27-14-4-2-11-24(23(27)30)12-5-15-28(18-24)22(29)16-21-6-1-3-13-26-21/h1-4,6-10,13H,5,11-12,14-18H2. The summed E-state index contributed by atoms with van der Waals surface area (Å²) in [5, 5.41) is 0. The summed E-state index contributed by atoms with van der Waals surface area (Å²) in [5.74, 6) is -0.197. The maximum absolute atomic E-state index is 13.6. The SMILES string of the molecule is O=C(Cc1ccccn1)N1CCCC2(CC=CCN(Cc3ccc(F)cc3)C2=O)C1. The normalized spacial score (nSPS) is 21.7. The van der Waals surface area contributed by atoms with E-state index in [-0.39, 0.29) is 24.1 Å². The second-order valence-electron chi connectivity index (χ2n) is 8.18. The van der Waals surface area contributed by atoms with Crippen LogP contribution in [0.3, 0.4) is 0 Å². The predicted octanol–water partition coefficient (Wildman–Crippen LogP) is 3.36. The lowest BCUT2D eigenvalue weighted by Gasteiger charge is -2.43. The molecule has 0 N–H and O–H groups in total. The van der Waals surface area contributed by atoms with Gasteiger partial charge in [0.1, 0.15) is 5.82 Å². The maximum atomic E-state index is 13.6. The van der Waals surface area contributed by atoms with Crippen LogP contribution in [0.1, 0.15) is 30.5 Å². The number of amides is 2. The van der Waals surface area contributed by atoms with Gasteiger partial charge in [0.2, 0.25) is 11.8 Å². The summed E-state index contributed by atoms with van der Waals surface area (Å²) in [4.78, 5) is 34.4. The topological polar surface area (TPSA) is 53.5 Å². The van der Waals surface area contributed by atoms with Gasteiger partial charge in [-0.25, -0.2) is 4.39 Å². The highest BCUT2D eigenvalue weighted by Gasteiger charge is 2.45. The minimum atomic E-state index is -0.592. The van der Waals surface area contributed by atoms with Crippen LogP contribution >= 0.6 is 0 Å². The molecule has 0 aliphatic carbocycles. The second-order valence-corrected chi connectivity index (χ2v) is 8.18. The summed E-state index contributed by atoms with van der Waals surface area (Å²) >= 11 is 0. The Morgan fingerprint density at radius 1 is 1.13 bits per heavy atom. The van der Waals surface area contributed by atoms with Gasteiger partial charge in [0.15, 0.2) is 0 Å². The van der Waals surface area contributed by atoms with E-state index >= 15 is 0 Å². The molecule has 1 atom stereocenters. The molecule has 1 fully saturated rings. The number of benzene rings is 1. The number of carbonyl (C=O) groups is 2. The number of piperidine rings is 1. The number of aromatic nitrogens is 1. The zero-order valence-corrected chi connectivity index (χ0v) is 17.0. The molecule has 30 heavy (non-hydrogen) atoms. The number of hydrogen-bond acceptors (Lipinski definition) is 3. The number of hydrogen-bond donors (Lipinski definition) is 0. The van der Waals surface area contributed by atoms with Crippen molar-refractivity contribution in [3.63, 3.8) is 0 Å². The Morgan fingerprint density at radius 2 is 1.97 bits per heavy atom. The van der Waals surface area contributed by atoms with Crippen molar-refractivity contribution in [3.8, 4) is 0 Å². The van der Waals surface area contributed by atoms with Gasteiger partial charge in [-0.1, -0.05) is 30.4 Å². The molecule has 0 bridgehead atoms. The van der Waals surface area contributed by atoms with Crippen molar-refractivity contribution in [2.24, 2.45) is 5.41 Å². The third-order valence-electron chi connectivity index (χ3n) is 6.02. The Kier molecular flexibility index (Phi) is 5.93. The largest absolute Gasteiger partial charge is 0.341 e. The molecule has 2 aliphatic heterocycles. The predicted molar refractivity (Wildman–Crippen MR) is 112 cm³/mol. The van der Waals surface area contributed by atoms with Crippen LogP contribution in [0.15, 0.2) is 60.8 Å². The Balaban J connectivity index is 1.49. The van der Waals surface area contributed by atoms with Crippen LogP contribution in [0.25, 0.3) is 0 Å². The van der Waals surface area contributed by atoms with E-state index in [1.165, 1.54) is 12.1 Å². The van der Waals surface area contributed by atoms with Crippen LogP contribution in [0.5, 0.6) is 0 Å². The highest BCUT2D eigenvalue weighted by Crippen LogP contribution is 2.38. The number of rotatable bonds is 4. The molecule has 1 aromatic carbocycles. The van der Waals surface area contributed by atoms with Crippen LogP contribution < -0.4 is 0 Å². The Labute approximate surface area is 176 Å². The first kappa shape index (κ1) is 20.3. The van der Waals surface area contributed by atoms with Gasteiger partial charge in [-0.15, -0.1) is 0 Å². The number of allylic oxidation sites excluding steroid dienone is 1. The zero-order chi connectivity index (χ0) is 21.0. The molecule has 2 aliphatic rings. The first-order valence-electron chi connectivity index (χ1n) is 10.4. The van der Waals surface area contributed by atoms with E-state index in [2.05, 4.69) is 11.1 Å². The van der Waals surface area contributed by atoms with E-state index in [1.54, 1.807) is 18.3 Å². The quantitative estimate of drug-likeness (QED) is 0.731. The molecule has 0 saturated carbocycles. The van der Waals surface area contributed by atoms with E-state index in [9.17, 15) is 14.0 Å². The first-order chi connectivity index (χ1) is 14.6. The summed E-state index contributed by atoms with van der Waals surface area (Å²) in [5.41, 5.74) is 1.05. The van der Waals surface area contributed by atoms with Crippen LogP contribution in [-0.2, 0) is 22.6 Å². The Hall–Kier alpha value is -3.02. The lowest BCUT2D eigenvalue weighted by Crippen LogP contribution is -2.53. The fourth-order valence-electron chi connectivity index (χ4n) is 4.42. The van der Waals surface area contributed by atoms with Crippen LogP contribution in [-0.4, -0.2) is 46.2 Å². The summed E-state index contributed by atoms with van der Waals surface area (Å²) in [6, 6.07) is 11.8. The van der Waals surface area contributed by atoms with Gasteiger partial charge >= 0.3 is 0 Å². The first-order valence-corrected chi connectivity index (χ1v) is 10.4. The molecule has 1 saturated heterocycles. The highest BCUT2D eigenvalue weighted by molar-refractivity contribution is 5.86. The van der Waals surface area contributed by atoms with Gasteiger partial charge < -0.3 is 9.80 Å². The molecular weight excluding hydrogens is 381 g/mol. The fraction of sp³-hybridized carbons (Fsp3) is 0.375. The molecule has 5 nitrogen and oxygen atoms in total. The maximum Gasteiger partial charge on any atom is 0.231 e. The number of halogens is 1. The smallest absolute Gasteiger partial charge is 0.231 e. The molecule has 2 aromatic rings. The summed E-state index contributed by atoms with van der Waals surface area (Å²) in [6.45, 7) is 2.07. The minimum Gasteiger partial charge on any atom is -0.341 e. The molecule has 0 radical (unpaired) electrons. The molecular formula is C24H26FN3O2.